The van der Waals surface area contributed by atoms with E-state index in [1.807, 2.05) is 73.8 Å². The fraction of sp³-hybridized carbons (Fsp3) is 0.0370. The summed E-state index contributed by atoms with van der Waals surface area (Å²) in [6.45, 7) is 1.95. The first-order chi connectivity index (χ1) is 17.0. The smallest absolute Gasteiger partial charge is 0.270 e. The highest BCUT2D eigenvalue weighted by molar-refractivity contribution is 6.37. The molecular weight excluding hydrogens is 442 g/mol. The summed E-state index contributed by atoms with van der Waals surface area (Å²) in [7, 11) is 0. The lowest BCUT2D eigenvalue weighted by Crippen LogP contribution is -2.10. The molecule has 3 N–H and O–H groups in total. The van der Waals surface area contributed by atoms with Crippen LogP contribution in [0.3, 0.4) is 0 Å². The van der Waals surface area contributed by atoms with Gasteiger partial charge in [0.1, 0.15) is 0 Å². The number of H-pyrrole nitrogens is 1. The summed E-state index contributed by atoms with van der Waals surface area (Å²) in [6.07, 6.45) is 5.46. The van der Waals surface area contributed by atoms with Gasteiger partial charge in [-0.3, -0.25) is 14.9 Å². The molecule has 8 nitrogen and oxygen atoms in total. The van der Waals surface area contributed by atoms with Crippen LogP contribution in [0.2, 0.25) is 0 Å². The number of rotatable bonds is 6. The summed E-state index contributed by atoms with van der Waals surface area (Å²) >= 11 is 0. The number of nitrogens with one attached hydrogen (secondary N) is 3. The van der Waals surface area contributed by atoms with E-state index in [2.05, 4.69) is 20.6 Å². The number of nitrogens with zero attached hydrogens (tertiary/aromatic N) is 2. The Morgan fingerprint density at radius 3 is 2.54 bits per heavy atom. The Hall–Kier alpha value is -4.98. The number of amides is 1. The second-order valence-electron chi connectivity index (χ2n) is 7.92. The van der Waals surface area contributed by atoms with E-state index < -0.39 is 4.92 Å². The molecule has 0 saturated heterocycles. The number of carbonyl (C=O) groups is 1. The van der Waals surface area contributed by atoms with Gasteiger partial charge in [0.25, 0.3) is 11.6 Å². The Morgan fingerprint density at radius 2 is 1.83 bits per heavy atom. The number of non-ortho nitro benzene ring substituents is 1. The monoisotopic (exact) mass is 463 g/mol. The summed E-state index contributed by atoms with van der Waals surface area (Å²) in [5.41, 5.74) is 6.12. The Labute approximate surface area is 201 Å². The molecule has 0 radical (unpaired) electrons. The predicted molar refractivity (Wildman–Crippen MR) is 136 cm³/mol. The van der Waals surface area contributed by atoms with Crippen LogP contribution in [0.1, 0.15) is 29.3 Å². The van der Waals surface area contributed by atoms with Gasteiger partial charge in [-0.1, -0.05) is 48.5 Å². The average molecular weight is 463 g/mol. The number of aromatic amines is 1. The van der Waals surface area contributed by atoms with Gasteiger partial charge in [-0.15, -0.1) is 0 Å². The third kappa shape index (κ3) is 4.20. The number of benzene rings is 3. The summed E-state index contributed by atoms with van der Waals surface area (Å²) in [6, 6.07) is 21.6. The quantitative estimate of drug-likeness (QED) is 0.193. The molecular formula is C27H21N5O3. The fourth-order valence-corrected chi connectivity index (χ4v) is 4.18. The van der Waals surface area contributed by atoms with E-state index >= 15 is 0 Å². The van der Waals surface area contributed by atoms with Crippen LogP contribution in [0.15, 0.2) is 91.4 Å². The lowest BCUT2D eigenvalue weighted by Gasteiger charge is -2.16. The van der Waals surface area contributed by atoms with E-state index in [-0.39, 0.29) is 11.6 Å². The minimum absolute atomic E-state index is 0.0797. The lowest BCUT2D eigenvalue weighted by atomic mass is 9.99. The highest BCUT2D eigenvalue weighted by atomic mass is 16.6. The van der Waals surface area contributed by atoms with Gasteiger partial charge in [-0.05, 0) is 36.2 Å². The van der Waals surface area contributed by atoms with E-state index in [0.29, 0.717) is 22.5 Å². The number of allylic oxidation sites excluding steroid dienone is 1. The van der Waals surface area contributed by atoms with Crippen molar-refractivity contribution in [1.82, 2.24) is 9.97 Å². The molecule has 0 bridgehead atoms. The Bertz CT molecular complexity index is 1490. The average Bonchev–Trinajstić information content (AvgIpc) is 3.51. The molecule has 1 aliphatic rings. The zero-order valence-electron chi connectivity index (χ0n) is 18.8. The van der Waals surface area contributed by atoms with Gasteiger partial charge in [-0.25, -0.2) is 4.98 Å². The molecule has 0 spiro atoms. The van der Waals surface area contributed by atoms with Crippen molar-refractivity contribution in [3.8, 4) is 0 Å². The first-order valence-electron chi connectivity index (χ1n) is 11.0. The molecule has 4 aromatic rings. The Balaban J connectivity index is 1.64. The summed E-state index contributed by atoms with van der Waals surface area (Å²) < 4.78 is 0. The van der Waals surface area contributed by atoms with Gasteiger partial charge in [0, 0.05) is 40.8 Å². The van der Waals surface area contributed by atoms with Crippen molar-refractivity contribution in [2.75, 3.05) is 10.6 Å². The SMILES string of the molecule is C/C=C(/c1cccc(NC(=C2C(=O)Nc3ccc([N+](=O)[O-])cc32)c2ccccc2)c1)c1c[nH]cn1. The predicted octanol–water partition coefficient (Wildman–Crippen LogP) is 5.70. The standard InChI is InChI=1S/C27H21N5O3/c1-2-21(24-15-28-16-29-24)18-9-6-10-19(13-18)30-26(17-7-4-3-5-8-17)25-22-14-20(32(34)35)11-12-23(22)31-27(25)33/h2-16,30H,1H3,(H,28,29)(H,31,33)/b21-2-,26-25?. The van der Waals surface area contributed by atoms with Gasteiger partial charge in [-0.2, -0.15) is 0 Å². The van der Waals surface area contributed by atoms with E-state index in [9.17, 15) is 14.9 Å². The number of hydrogen-bond donors (Lipinski definition) is 3. The van der Waals surface area contributed by atoms with Crippen LogP contribution in [-0.2, 0) is 4.79 Å². The van der Waals surface area contributed by atoms with E-state index in [4.69, 9.17) is 0 Å². The fourth-order valence-electron chi connectivity index (χ4n) is 4.18. The normalized spacial score (nSPS) is 14.3. The molecule has 1 amide bonds. The van der Waals surface area contributed by atoms with Gasteiger partial charge in [0.05, 0.1) is 28.2 Å². The largest absolute Gasteiger partial charge is 0.354 e. The van der Waals surface area contributed by atoms with Crippen LogP contribution < -0.4 is 10.6 Å². The number of nitro groups is 1. The van der Waals surface area contributed by atoms with Crippen LogP contribution >= 0.6 is 0 Å². The molecule has 0 unspecified atom stereocenters. The highest BCUT2D eigenvalue weighted by Gasteiger charge is 2.30. The van der Waals surface area contributed by atoms with Crippen molar-refractivity contribution in [2.45, 2.75) is 6.92 Å². The molecule has 5 rings (SSSR count). The second-order valence-corrected chi connectivity index (χ2v) is 7.92. The van der Waals surface area contributed by atoms with E-state index in [1.54, 1.807) is 12.4 Å². The number of aromatic nitrogens is 2. The maximum Gasteiger partial charge on any atom is 0.270 e. The van der Waals surface area contributed by atoms with E-state index in [0.717, 1.165) is 28.1 Å². The van der Waals surface area contributed by atoms with Crippen molar-refractivity contribution in [3.63, 3.8) is 0 Å². The van der Waals surface area contributed by atoms with Gasteiger partial charge < -0.3 is 15.6 Å². The molecule has 0 aliphatic carbocycles. The molecule has 172 valence electrons. The zero-order valence-corrected chi connectivity index (χ0v) is 18.8. The van der Waals surface area contributed by atoms with Crippen LogP contribution in [0.5, 0.6) is 0 Å². The van der Waals surface area contributed by atoms with Crippen LogP contribution in [0, 0.1) is 10.1 Å². The van der Waals surface area contributed by atoms with Crippen molar-refractivity contribution in [1.29, 1.82) is 0 Å². The topological polar surface area (TPSA) is 113 Å². The summed E-state index contributed by atoms with van der Waals surface area (Å²) in [4.78, 5) is 31.4. The molecule has 35 heavy (non-hydrogen) atoms. The lowest BCUT2D eigenvalue weighted by molar-refractivity contribution is -0.384. The molecule has 3 aromatic carbocycles. The van der Waals surface area contributed by atoms with Crippen LogP contribution in [0.25, 0.3) is 16.8 Å². The van der Waals surface area contributed by atoms with Gasteiger partial charge >= 0.3 is 0 Å². The second kappa shape index (κ2) is 9.11. The maximum atomic E-state index is 13.1. The molecule has 0 fully saturated rings. The molecule has 8 heteroatoms. The summed E-state index contributed by atoms with van der Waals surface area (Å²) in [5.74, 6) is -0.325. The number of fused-ring (bicyclic) bond motifs is 1. The van der Waals surface area contributed by atoms with Crippen LogP contribution in [-0.4, -0.2) is 20.8 Å². The minimum atomic E-state index is -0.465. The molecule has 0 saturated carbocycles. The zero-order chi connectivity index (χ0) is 24.4. The van der Waals surface area contributed by atoms with Crippen LogP contribution in [0.4, 0.5) is 17.1 Å². The van der Waals surface area contributed by atoms with Crippen molar-refractivity contribution < 1.29 is 9.72 Å². The molecule has 2 heterocycles. The number of carbonyl (C=O) groups excluding carboxylic acids is 1. The number of nitro benzene ring substituents is 1. The van der Waals surface area contributed by atoms with Gasteiger partial charge in [0.2, 0.25) is 0 Å². The molecule has 1 aliphatic heterocycles. The molecule has 0 atom stereocenters. The number of imidazole rings is 1. The highest BCUT2D eigenvalue weighted by Crippen LogP contribution is 2.39. The van der Waals surface area contributed by atoms with E-state index in [1.165, 1.54) is 12.1 Å². The Kier molecular flexibility index (Phi) is 5.68. The number of hydrogen-bond acceptors (Lipinski definition) is 5. The first-order valence-corrected chi connectivity index (χ1v) is 11.0. The van der Waals surface area contributed by atoms with Crippen molar-refractivity contribution in [2.24, 2.45) is 0 Å². The number of anilines is 2. The summed E-state index contributed by atoms with van der Waals surface area (Å²) in [5, 5.41) is 17.6. The maximum absolute atomic E-state index is 13.1. The third-order valence-electron chi connectivity index (χ3n) is 5.78. The minimum Gasteiger partial charge on any atom is -0.354 e. The van der Waals surface area contributed by atoms with Gasteiger partial charge in [0.15, 0.2) is 0 Å². The van der Waals surface area contributed by atoms with Crippen molar-refractivity contribution >= 4 is 39.8 Å². The van der Waals surface area contributed by atoms with Crippen molar-refractivity contribution in [3.05, 3.63) is 124 Å². The first kappa shape index (κ1) is 21.8. The molecule has 1 aromatic heterocycles. The Morgan fingerprint density at radius 1 is 1.03 bits per heavy atom. The third-order valence-corrected chi connectivity index (χ3v) is 5.78.